The Morgan fingerprint density at radius 1 is 1.67 bits per heavy atom. The first kappa shape index (κ1) is 14.3. The highest BCUT2D eigenvalue weighted by molar-refractivity contribution is 7.89. The predicted molar refractivity (Wildman–Crippen MR) is 62.0 cm³/mol. The molecule has 0 unspecified atom stereocenters. The molecule has 0 saturated carbocycles. The summed E-state index contributed by atoms with van der Waals surface area (Å²) in [5, 5.41) is 10.4. The summed E-state index contributed by atoms with van der Waals surface area (Å²) in [7, 11) is -2.76. The molecule has 0 aliphatic rings. The number of amidine groups is 1. The Hall–Kier alpha value is -1.74. The Balaban J connectivity index is 2.91. The number of oxime groups is 1. The van der Waals surface area contributed by atoms with Crippen molar-refractivity contribution in [2.45, 2.75) is 11.4 Å². The average molecular weight is 276 g/mol. The largest absolute Gasteiger partial charge is 0.409 e. The highest BCUT2D eigenvalue weighted by atomic mass is 32.2. The standard InChI is InChI=1S/C9H13FN4O3S/c1-14(6-4-8(11)13-15)18(16,17)9-7(10)3-2-5-12-9/h2-3,5,15H,4,6H2,1H3,(H2,11,13). The number of rotatable bonds is 5. The van der Waals surface area contributed by atoms with Crippen LogP contribution in [0.3, 0.4) is 0 Å². The summed E-state index contributed by atoms with van der Waals surface area (Å²) < 4.78 is 38.1. The van der Waals surface area contributed by atoms with Gasteiger partial charge in [0.1, 0.15) is 5.84 Å². The fraction of sp³-hybridized carbons (Fsp3) is 0.333. The van der Waals surface area contributed by atoms with Gasteiger partial charge in [0.2, 0.25) is 5.03 Å². The lowest BCUT2D eigenvalue weighted by Gasteiger charge is -2.16. The molecule has 1 aromatic heterocycles. The molecular formula is C9H13FN4O3S. The number of pyridine rings is 1. The van der Waals surface area contributed by atoms with Gasteiger partial charge in [0.25, 0.3) is 10.0 Å². The van der Waals surface area contributed by atoms with E-state index in [-0.39, 0.29) is 18.8 Å². The molecule has 7 nitrogen and oxygen atoms in total. The zero-order chi connectivity index (χ0) is 13.8. The van der Waals surface area contributed by atoms with Crippen LogP contribution in [0.5, 0.6) is 0 Å². The van der Waals surface area contributed by atoms with Gasteiger partial charge in [-0.3, -0.25) is 0 Å². The van der Waals surface area contributed by atoms with E-state index in [0.29, 0.717) is 0 Å². The highest BCUT2D eigenvalue weighted by Crippen LogP contribution is 2.14. The second kappa shape index (κ2) is 5.74. The first-order valence-electron chi connectivity index (χ1n) is 4.93. The van der Waals surface area contributed by atoms with E-state index in [1.165, 1.54) is 19.3 Å². The van der Waals surface area contributed by atoms with E-state index in [4.69, 9.17) is 10.9 Å². The maximum absolute atomic E-state index is 13.4. The first-order chi connectivity index (χ1) is 8.39. The van der Waals surface area contributed by atoms with Crippen LogP contribution >= 0.6 is 0 Å². The van der Waals surface area contributed by atoms with Crippen LogP contribution in [0.2, 0.25) is 0 Å². The van der Waals surface area contributed by atoms with Crippen LogP contribution in [-0.4, -0.2) is 42.3 Å². The molecule has 0 fully saturated rings. The molecule has 0 atom stereocenters. The lowest BCUT2D eigenvalue weighted by atomic mass is 10.4. The van der Waals surface area contributed by atoms with E-state index in [9.17, 15) is 12.8 Å². The fourth-order valence-electron chi connectivity index (χ4n) is 1.15. The van der Waals surface area contributed by atoms with Crippen LogP contribution in [-0.2, 0) is 10.0 Å². The van der Waals surface area contributed by atoms with Crippen LogP contribution in [0.1, 0.15) is 6.42 Å². The molecule has 0 spiro atoms. The van der Waals surface area contributed by atoms with Crippen molar-refractivity contribution in [2.75, 3.05) is 13.6 Å². The van der Waals surface area contributed by atoms with Crippen molar-refractivity contribution >= 4 is 15.9 Å². The molecule has 0 aliphatic heterocycles. The minimum atomic E-state index is -4.02. The van der Waals surface area contributed by atoms with Gasteiger partial charge >= 0.3 is 0 Å². The zero-order valence-electron chi connectivity index (χ0n) is 9.62. The molecule has 9 heteroatoms. The molecule has 1 heterocycles. The van der Waals surface area contributed by atoms with Crippen LogP contribution in [0, 0.1) is 5.82 Å². The molecule has 1 rings (SSSR count). The van der Waals surface area contributed by atoms with Gasteiger partial charge in [0, 0.05) is 26.2 Å². The van der Waals surface area contributed by atoms with Crippen molar-refractivity contribution in [3.63, 3.8) is 0 Å². The van der Waals surface area contributed by atoms with Crippen molar-refractivity contribution in [3.05, 3.63) is 24.1 Å². The number of hydrogen-bond donors (Lipinski definition) is 2. The van der Waals surface area contributed by atoms with Gasteiger partial charge in [-0.1, -0.05) is 5.16 Å². The van der Waals surface area contributed by atoms with E-state index in [2.05, 4.69) is 10.1 Å². The van der Waals surface area contributed by atoms with Gasteiger partial charge in [-0.2, -0.15) is 4.31 Å². The van der Waals surface area contributed by atoms with Gasteiger partial charge in [0.05, 0.1) is 0 Å². The number of nitrogens with two attached hydrogens (primary N) is 1. The number of aromatic nitrogens is 1. The molecular weight excluding hydrogens is 263 g/mol. The van der Waals surface area contributed by atoms with Crippen molar-refractivity contribution in [3.8, 4) is 0 Å². The smallest absolute Gasteiger partial charge is 0.263 e. The molecule has 0 amide bonds. The quantitative estimate of drug-likeness (QED) is 0.340. The Bertz CT molecular complexity index is 546. The van der Waals surface area contributed by atoms with Crippen molar-refractivity contribution in [2.24, 2.45) is 10.9 Å². The normalized spacial score (nSPS) is 12.9. The maximum Gasteiger partial charge on any atom is 0.263 e. The summed E-state index contributed by atoms with van der Waals surface area (Å²) in [6.07, 6.45) is 1.22. The number of halogens is 1. The monoisotopic (exact) mass is 276 g/mol. The Labute approximate surface area is 104 Å². The number of sulfonamides is 1. The van der Waals surface area contributed by atoms with Crippen LogP contribution < -0.4 is 5.73 Å². The van der Waals surface area contributed by atoms with Gasteiger partial charge in [-0.25, -0.2) is 17.8 Å². The number of hydrogen-bond acceptors (Lipinski definition) is 5. The van der Waals surface area contributed by atoms with Gasteiger partial charge in [-0.15, -0.1) is 0 Å². The maximum atomic E-state index is 13.4. The molecule has 100 valence electrons. The summed E-state index contributed by atoms with van der Waals surface area (Å²) in [6.45, 7) is -0.0474. The third-order valence-electron chi connectivity index (χ3n) is 2.19. The summed E-state index contributed by atoms with van der Waals surface area (Å²) in [4.78, 5) is 3.50. The van der Waals surface area contributed by atoms with Gasteiger partial charge in [-0.05, 0) is 12.1 Å². The summed E-state index contributed by atoms with van der Waals surface area (Å²) >= 11 is 0. The Morgan fingerprint density at radius 2 is 2.33 bits per heavy atom. The highest BCUT2D eigenvalue weighted by Gasteiger charge is 2.25. The van der Waals surface area contributed by atoms with Crippen LogP contribution in [0.25, 0.3) is 0 Å². The van der Waals surface area contributed by atoms with E-state index in [1.807, 2.05) is 0 Å². The zero-order valence-corrected chi connectivity index (χ0v) is 10.4. The van der Waals surface area contributed by atoms with Gasteiger partial charge < -0.3 is 10.9 Å². The topological polar surface area (TPSA) is 109 Å². The molecule has 18 heavy (non-hydrogen) atoms. The van der Waals surface area contributed by atoms with E-state index in [1.54, 1.807) is 0 Å². The van der Waals surface area contributed by atoms with Crippen molar-refractivity contribution in [1.82, 2.24) is 9.29 Å². The first-order valence-corrected chi connectivity index (χ1v) is 6.37. The van der Waals surface area contributed by atoms with Crippen LogP contribution in [0.15, 0.2) is 28.5 Å². The molecule has 0 aliphatic carbocycles. The lowest BCUT2D eigenvalue weighted by molar-refractivity contribution is 0.316. The van der Waals surface area contributed by atoms with Crippen molar-refractivity contribution < 1.29 is 18.0 Å². The molecule has 1 aromatic rings. The third-order valence-corrected chi connectivity index (χ3v) is 3.98. The second-order valence-corrected chi connectivity index (χ2v) is 5.42. The molecule has 0 aromatic carbocycles. The Morgan fingerprint density at radius 3 is 2.89 bits per heavy atom. The SMILES string of the molecule is CN(CC/C(N)=N/O)S(=O)(=O)c1ncccc1F. The minimum absolute atomic E-state index is 0.0285. The number of nitrogens with zero attached hydrogens (tertiary/aromatic N) is 3. The Kier molecular flexibility index (Phi) is 4.56. The summed E-state index contributed by atoms with van der Waals surface area (Å²) in [5.41, 5.74) is 5.22. The molecule has 0 saturated heterocycles. The predicted octanol–water partition coefficient (Wildman–Crippen LogP) is -0.0223. The average Bonchev–Trinajstić information content (AvgIpc) is 2.35. The van der Waals surface area contributed by atoms with Crippen molar-refractivity contribution in [1.29, 1.82) is 0 Å². The lowest BCUT2D eigenvalue weighted by Crippen LogP contribution is -2.31. The third kappa shape index (κ3) is 3.14. The molecule has 0 bridgehead atoms. The van der Waals surface area contributed by atoms with E-state index in [0.717, 1.165) is 10.4 Å². The molecule has 3 N–H and O–H groups in total. The fourth-order valence-corrected chi connectivity index (χ4v) is 2.29. The van der Waals surface area contributed by atoms with E-state index >= 15 is 0 Å². The second-order valence-electron chi connectivity index (χ2n) is 3.46. The van der Waals surface area contributed by atoms with E-state index < -0.39 is 20.9 Å². The summed E-state index contributed by atoms with van der Waals surface area (Å²) in [6, 6.07) is 2.31. The molecule has 0 radical (unpaired) electrons. The summed E-state index contributed by atoms with van der Waals surface area (Å²) in [5.74, 6) is -1.04. The van der Waals surface area contributed by atoms with Gasteiger partial charge in [0.15, 0.2) is 5.82 Å². The van der Waals surface area contributed by atoms with Crippen LogP contribution in [0.4, 0.5) is 4.39 Å². The minimum Gasteiger partial charge on any atom is -0.409 e.